The molecule has 40 heavy (non-hydrogen) atoms. The van der Waals surface area contributed by atoms with Crippen molar-refractivity contribution in [2.45, 2.75) is 94.5 Å². The maximum Gasteiger partial charge on any atom is 0.421 e. The number of Topliss-reactive ketones (excluding diaryl/α,β-unsaturated/α-hetero) is 1. The molecule has 1 fully saturated rings. The van der Waals surface area contributed by atoms with Crippen LogP contribution in [0, 0.1) is 17.2 Å². The molecule has 6 nitrogen and oxygen atoms in total. The van der Waals surface area contributed by atoms with Gasteiger partial charge < -0.3 is 10.2 Å². The van der Waals surface area contributed by atoms with Crippen molar-refractivity contribution >= 4 is 21.5 Å². The standard InChI is InChI=1S/C29H35F4NO5S/c1-26(2)19(13-14-27(26,3)36)16-23(35)17-22-9-5-18-15-20(28(4,37)29(31,32)33)6-12-25(18)34(22)40(38,39)24-10-7-21(30)8-11-24/h6-8,10-12,15,19,22,36-37H,5,9,13-14,16-17H2,1-4H3/t19-,22+,27+,28?/m1/s1. The fourth-order valence-corrected chi connectivity index (χ4v) is 7.61. The average Bonchev–Trinajstić information content (AvgIpc) is 3.04. The van der Waals surface area contributed by atoms with Gasteiger partial charge in [-0.15, -0.1) is 0 Å². The number of hydrogen-bond acceptors (Lipinski definition) is 5. The quantitative estimate of drug-likeness (QED) is 0.410. The topological polar surface area (TPSA) is 94.9 Å². The van der Waals surface area contributed by atoms with Gasteiger partial charge in [-0.3, -0.25) is 9.10 Å². The molecule has 1 aliphatic carbocycles. The molecule has 2 aromatic carbocycles. The number of aryl methyl sites for hydroxylation is 1. The van der Waals surface area contributed by atoms with Crippen LogP contribution in [0.5, 0.6) is 0 Å². The molecule has 220 valence electrons. The van der Waals surface area contributed by atoms with Crippen LogP contribution in [-0.4, -0.2) is 42.2 Å². The molecule has 2 aliphatic rings. The Morgan fingerprint density at radius 1 is 1.05 bits per heavy atom. The smallest absolute Gasteiger partial charge is 0.390 e. The second-order valence-corrected chi connectivity index (χ2v) is 13.9. The number of nitrogens with zero attached hydrogens (tertiary/aromatic N) is 1. The zero-order valence-corrected chi connectivity index (χ0v) is 23.7. The number of aliphatic hydroxyl groups is 2. The highest BCUT2D eigenvalue weighted by atomic mass is 32.2. The van der Waals surface area contributed by atoms with E-state index in [1.807, 2.05) is 13.8 Å². The van der Waals surface area contributed by atoms with Crippen molar-refractivity contribution in [1.82, 2.24) is 0 Å². The lowest BCUT2D eigenvalue weighted by molar-refractivity contribution is -0.258. The molecule has 2 aromatic rings. The molecule has 1 unspecified atom stereocenters. The summed E-state index contributed by atoms with van der Waals surface area (Å²) in [5.41, 5.74) is -4.64. The third-order valence-corrected chi connectivity index (χ3v) is 11.1. The van der Waals surface area contributed by atoms with Crippen LogP contribution in [0.4, 0.5) is 23.2 Å². The van der Waals surface area contributed by atoms with Gasteiger partial charge in [-0.25, -0.2) is 12.8 Å². The van der Waals surface area contributed by atoms with Gasteiger partial charge in [0.2, 0.25) is 0 Å². The van der Waals surface area contributed by atoms with Crippen LogP contribution in [0.3, 0.4) is 0 Å². The van der Waals surface area contributed by atoms with Crippen LogP contribution in [-0.2, 0) is 26.8 Å². The number of carbonyl (C=O) groups excluding carboxylic acids is 1. The fourth-order valence-electron chi connectivity index (χ4n) is 5.89. The van der Waals surface area contributed by atoms with Gasteiger partial charge in [0.15, 0.2) is 5.60 Å². The number of ketones is 1. The third kappa shape index (κ3) is 5.27. The Labute approximate surface area is 232 Å². The zero-order valence-electron chi connectivity index (χ0n) is 22.9. The molecule has 4 rings (SSSR count). The summed E-state index contributed by atoms with van der Waals surface area (Å²) in [6.07, 6.45) is -3.39. The highest BCUT2D eigenvalue weighted by Crippen LogP contribution is 2.51. The van der Waals surface area contributed by atoms with Crippen LogP contribution >= 0.6 is 0 Å². The molecule has 1 aliphatic heterocycles. The van der Waals surface area contributed by atoms with Crippen LogP contribution < -0.4 is 4.31 Å². The van der Waals surface area contributed by atoms with E-state index in [1.54, 1.807) is 6.92 Å². The third-order valence-electron chi connectivity index (χ3n) is 9.21. The van der Waals surface area contributed by atoms with Crippen molar-refractivity contribution in [2.75, 3.05) is 4.31 Å². The van der Waals surface area contributed by atoms with Gasteiger partial charge in [-0.2, -0.15) is 13.2 Å². The summed E-state index contributed by atoms with van der Waals surface area (Å²) in [5.74, 6) is -0.917. The van der Waals surface area contributed by atoms with Crippen molar-refractivity contribution in [3.63, 3.8) is 0 Å². The van der Waals surface area contributed by atoms with Crippen molar-refractivity contribution < 1.29 is 41.0 Å². The van der Waals surface area contributed by atoms with Gasteiger partial charge >= 0.3 is 6.18 Å². The Balaban J connectivity index is 1.71. The average molecular weight is 586 g/mol. The summed E-state index contributed by atoms with van der Waals surface area (Å²) in [7, 11) is -4.34. The van der Waals surface area contributed by atoms with Crippen molar-refractivity contribution in [2.24, 2.45) is 11.3 Å². The molecular formula is C29H35F4NO5S. The number of carbonyl (C=O) groups is 1. The van der Waals surface area contributed by atoms with Gasteiger partial charge in [0.05, 0.1) is 22.2 Å². The predicted octanol–water partition coefficient (Wildman–Crippen LogP) is 5.64. The molecule has 0 aromatic heterocycles. The first-order valence-electron chi connectivity index (χ1n) is 13.3. The maximum atomic E-state index is 13.9. The Morgan fingerprint density at radius 2 is 1.68 bits per heavy atom. The number of sulfonamides is 1. The summed E-state index contributed by atoms with van der Waals surface area (Å²) in [4.78, 5) is 13.1. The summed E-state index contributed by atoms with van der Waals surface area (Å²) in [6.45, 7) is 6.20. The number of rotatable bonds is 7. The van der Waals surface area contributed by atoms with Crippen LogP contribution in [0.15, 0.2) is 47.4 Å². The Hall–Kier alpha value is -2.50. The number of halogens is 4. The van der Waals surface area contributed by atoms with Gasteiger partial charge in [-0.05, 0) is 92.3 Å². The molecule has 2 N–H and O–H groups in total. The zero-order chi connectivity index (χ0) is 29.9. The van der Waals surface area contributed by atoms with Gasteiger partial charge in [0.1, 0.15) is 11.6 Å². The molecule has 0 saturated heterocycles. The molecule has 1 saturated carbocycles. The first kappa shape index (κ1) is 30.5. The van der Waals surface area contributed by atoms with Gasteiger partial charge in [0, 0.05) is 12.8 Å². The molecule has 0 bridgehead atoms. The fraction of sp³-hybridized carbons (Fsp3) is 0.552. The number of benzene rings is 2. The lowest BCUT2D eigenvalue weighted by atomic mass is 9.71. The number of anilines is 1. The molecule has 0 amide bonds. The molecule has 1 heterocycles. The number of hydrogen-bond donors (Lipinski definition) is 2. The molecule has 11 heteroatoms. The largest absolute Gasteiger partial charge is 0.421 e. The van der Waals surface area contributed by atoms with E-state index in [9.17, 15) is 41.0 Å². The maximum absolute atomic E-state index is 13.9. The van der Waals surface area contributed by atoms with E-state index in [1.165, 1.54) is 6.07 Å². The Kier molecular flexibility index (Phi) is 7.69. The van der Waals surface area contributed by atoms with E-state index in [2.05, 4.69) is 0 Å². The minimum atomic E-state index is -4.95. The first-order chi connectivity index (χ1) is 18.3. The van der Waals surface area contributed by atoms with E-state index in [0.717, 1.165) is 40.7 Å². The monoisotopic (exact) mass is 585 g/mol. The lowest BCUT2D eigenvalue weighted by Crippen LogP contribution is -2.45. The van der Waals surface area contributed by atoms with Gasteiger partial charge in [-0.1, -0.05) is 26.0 Å². The van der Waals surface area contributed by atoms with Crippen LogP contribution in [0.1, 0.15) is 70.9 Å². The summed E-state index contributed by atoms with van der Waals surface area (Å²) >= 11 is 0. The van der Waals surface area contributed by atoms with Crippen LogP contribution in [0.2, 0.25) is 0 Å². The highest BCUT2D eigenvalue weighted by molar-refractivity contribution is 7.92. The molecular weight excluding hydrogens is 550 g/mol. The normalized spacial score (nSPS) is 26.3. The number of fused-ring (bicyclic) bond motifs is 1. The molecule has 0 radical (unpaired) electrons. The van der Waals surface area contributed by atoms with Crippen molar-refractivity contribution in [1.29, 1.82) is 0 Å². The highest BCUT2D eigenvalue weighted by Gasteiger charge is 2.52. The summed E-state index contributed by atoms with van der Waals surface area (Å²) in [6, 6.07) is 6.77. The molecule has 4 atom stereocenters. The summed E-state index contributed by atoms with van der Waals surface area (Å²) in [5, 5.41) is 20.9. The SMILES string of the molecule is CC(O)(c1ccc2c(c1)CC[C@@H](CC(=O)C[C@H]1CC[C@](C)(O)C1(C)C)N2S(=O)(=O)c1ccc(F)cc1)C(F)(F)F. The minimum absolute atomic E-state index is 0.0970. The second kappa shape index (κ2) is 10.1. The predicted molar refractivity (Wildman–Crippen MR) is 142 cm³/mol. The minimum Gasteiger partial charge on any atom is -0.390 e. The van der Waals surface area contributed by atoms with Crippen LogP contribution in [0.25, 0.3) is 0 Å². The molecule has 0 spiro atoms. The van der Waals surface area contributed by atoms with E-state index in [4.69, 9.17) is 0 Å². The second-order valence-electron chi connectivity index (χ2n) is 12.0. The number of alkyl halides is 3. The first-order valence-corrected chi connectivity index (χ1v) is 14.7. The van der Waals surface area contributed by atoms with E-state index >= 15 is 0 Å². The van der Waals surface area contributed by atoms with Crippen molar-refractivity contribution in [3.8, 4) is 0 Å². The Morgan fingerprint density at radius 3 is 2.23 bits per heavy atom. The Bertz CT molecular complexity index is 1380. The lowest BCUT2D eigenvalue weighted by Gasteiger charge is -2.39. The van der Waals surface area contributed by atoms with E-state index < -0.39 is 50.2 Å². The van der Waals surface area contributed by atoms with Crippen molar-refractivity contribution in [3.05, 3.63) is 59.4 Å². The van der Waals surface area contributed by atoms with Gasteiger partial charge in [0.25, 0.3) is 10.0 Å². The summed E-state index contributed by atoms with van der Waals surface area (Å²) < 4.78 is 82.9. The van der Waals surface area contributed by atoms with E-state index in [0.29, 0.717) is 19.8 Å². The van der Waals surface area contributed by atoms with E-state index in [-0.39, 0.29) is 53.5 Å².